The maximum absolute atomic E-state index is 11.7. The molecule has 1 heterocycles. The lowest BCUT2D eigenvalue weighted by atomic mass is 9.97. The highest BCUT2D eigenvalue weighted by Gasteiger charge is 2.16. The Balaban J connectivity index is 1.62. The van der Waals surface area contributed by atoms with Gasteiger partial charge in [0.25, 0.3) is 0 Å². The van der Waals surface area contributed by atoms with Crippen molar-refractivity contribution >= 4 is 11.6 Å². The van der Waals surface area contributed by atoms with E-state index < -0.39 is 0 Å². The number of nitrogens with zero attached hydrogens (tertiary/aromatic N) is 1. The van der Waals surface area contributed by atoms with Crippen molar-refractivity contribution in [3.05, 3.63) is 30.3 Å². The van der Waals surface area contributed by atoms with Crippen LogP contribution >= 0.6 is 0 Å². The summed E-state index contributed by atoms with van der Waals surface area (Å²) in [6.07, 6.45) is 2.37. The molecule has 0 spiro atoms. The van der Waals surface area contributed by atoms with Gasteiger partial charge in [0.05, 0.1) is 6.54 Å². The maximum atomic E-state index is 11.7. The van der Waals surface area contributed by atoms with Crippen molar-refractivity contribution in [1.82, 2.24) is 10.2 Å². The van der Waals surface area contributed by atoms with Gasteiger partial charge in [-0.2, -0.15) is 0 Å². The van der Waals surface area contributed by atoms with Crippen LogP contribution < -0.4 is 10.6 Å². The van der Waals surface area contributed by atoms with Gasteiger partial charge in [-0.3, -0.25) is 4.79 Å². The Bertz CT molecular complexity index is 386. The fourth-order valence-electron chi connectivity index (χ4n) is 2.33. The third-order valence-corrected chi connectivity index (χ3v) is 3.65. The second-order valence-corrected chi connectivity index (χ2v) is 5.27. The molecule has 1 fully saturated rings. The lowest BCUT2D eigenvalue weighted by molar-refractivity contribution is -0.119. The summed E-state index contributed by atoms with van der Waals surface area (Å²) in [5, 5.41) is 6.14. The van der Waals surface area contributed by atoms with Crippen LogP contribution in [0.4, 0.5) is 5.69 Å². The van der Waals surface area contributed by atoms with Gasteiger partial charge in [-0.05, 0) is 51.0 Å². The van der Waals surface area contributed by atoms with Crippen molar-refractivity contribution in [2.75, 3.05) is 38.5 Å². The molecule has 1 aliphatic rings. The molecule has 0 unspecified atom stereocenters. The topological polar surface area (TPSA) is 44.4 Å². The quantitative estimate of drug-likeness (QED) is 0.845. The number of anilines is 1. The van der Waals surface area contributed by atoms with Gasteiger partial charge in [-0.25, -0.2) is 0 Å². The van der Waals surface area contributed by atoms with Crippen molar-refractivity contribution in [2.24, 2.45) is 5.92 Å². The van der Waals surface area contributed by atoms with E-state index >= 15 is 0 Å². The summed E-state index contributed by atoms with van der Waals surface area (Å²) in [4.78, 5) is 14.1. The van der Waals surface area contributed by atoms with Gasteiger partial charge >= 0.3 is 0 Å². The molecule has 1 saturated heterocycles. The summed E-state index contributed by atoms with van der Waals surface area (Å²) in [5.41, 5.74) is 0.983. The average Bonchev–Trinajstić information content (AvgIpc) is 2.45. The zero-order valence-corrected chi connectivity index (χ0v) is 11.6. The first-order valence-electron chi connectivity index (χ1n) is 6.98. The maximum Gasteiger partial charge on any atom is 0.239 e. The number of benzene rings is 1. The molecular formula is C15H23N3O. The van der Waals surface area contributed by atoms with E-state index in [9.17, 15) is 4.79 Å². The van der Waals surface area contributed by atoms with Gasteiger partial charge in [-0.1, -0.05) is 18.2 Å². The summed E-state index contributed by atoms with van der Waals surface area (Å²) in [6, 6.07) is 9.80. The molecule has 1 aliphatic heterocycles. The van der Waals surface area contributed by atoms with Crippen LogP contribution in [0.3, 0.4) is 0 Å². The first-order valence-corrected chi connectivity index (χ1v) is 6.98. The predicted molar refractivity (Wildman–Crippen MR) is 78.2 cm³/mol. The third kappa shape index (κ3) is 4.91. The minimum Gasteiger partial charge on any atom is -0.376 e. The Hall–Kier alpha value is -1.55. The van der Waals surface area contributed by atoms with Crippen LogP contribution in [0.2, 0.25) is 0 Å². The Kier molecular flexibility index (Phi) is 5.21. The van der Waals surface area contributed by atoms with Gasteiger partial charge in [0.15, 0.2) is 0 Å². The standard InChI is InChI=1S/C15H23N3O/c1-18-9-7-13(8-10-18)11-17-15(19)12-16-14-5-3-2-4-6-14/h2-6,13,16H,7-12H2,1H3,(H,17,19). The van der Waals surface area contributed by atoms with Crippen LogP contribution in [-0.2, 0) is 4.79 Å². The van der Waals surface area contributed by atoms with Crippen LogP contribution in [0.1, 0.15) is 12.8 Å². The first kappa shape index (κ1) is 13.9. The van der Waals surface area contributed by atoms with E-state index in [-0.39, 0.29) is 5.91 Å². The monoisotopic (exact) mass is 261 g/mol. The smallest absolute Gasteiger partial charge is 0.239 e. The van der Waals surface area contributed by atoms with Crippen molar-refractivity contribution in [3.8, 4) is 0 Å². The minimum atomic E-state index is 0.0720. The van der Waals surface area contributed by atoms with Crippen LogP contribution in [0, 0.1) is 5.92 Å². The molecule has 4 heteroatoms. The molecular weight excluding hydrogens is 238 g/mol. The Morgan fingerprint density at radius 2 is 1.95 bits per heavy atom. The fourth-order valence-corrected chi connectivity index (χ4v) is 2.33. The van der Waals surface area contributed by atoms with E-state index in [0.717, 1.165) is 25.3 Å². The van der Waals surface area contributed by atoms with Gasteiger partial charge in [0.1, 0.15) is 0 Å². The molecule has 0 atom stereocenters. The Morgan fingerprint density at radius 1 is 1.26 bits per heavy atom. The molecule has 1 amide bonds. The summed E-state index contributed by atoms with van der Waals surface area (Å²) in [5.74, 6) is 0.708. The van der Waals surface area contributed by atoms with Crippen LogP contribution in [0.5, 0.6) is 0 Å². The third-order valence-electron chi connectivity index (χ3n) is 3.65. The van der Waals surface area contributed by atoms with Gasteiger partial charge < -0.3 is 15.5 Å². The number of amides is 1. The summed E-state index contributed by atoms with van der Waals surface area (Å²) in [6.45, 7) is 3.44. The van der Waals surface area contributed by atoms with Gasteiger partial charge in [0.2, 0.25) is 5.91 Å². The Labute approximate surface area is 115 Å². The van der Waals surface area contributed by atoms with Crippen LogP contribution in [-0.4, -0.2) is 44.0 Å². The molecule has 0 bridgehead atoms. The van der Waals surface area contributed by atoms with E-state index in [2.05, 4.69) is 22.6 Å². The van der Waals surface area contributed by atoms with E-state index in [1.807, 2.05) is 30.3 Å². The molecule has 2 rings (SSSR count). The fraction of sp³-hybridized carbons (Fsp3) is 0.533. The number of nitrogens with one attached hydrogen (secondary N) is 2. The SMILES string of the molecule is CN1CCC(CNC(=O)CNc2ccccc2)CC1. The second kappa shape index (κ2) is 7.14. The Morgan fingerprint density at radius 3 is 2.63 bits per heavy atom. The van der Waals surface area contributed by atoms with E-state index in [0.29, 0.717) is 12.5 Å². The molecule has 1 aromatic carbocycles. The van der Waals surface area contributed by atoms with Crippen LogP contribution in [0.25, 0.3) is 0 Å². The summed E-state index contributed by atoms with van der Waals surface area (Å²) < 4.78 is 0. The average molecular weight is 261 g/mol. The van der Waals surface area contributed by atoms with Gasteiger partial charge in [-0.15, -0.1) is 0 Å². The minimum absolute atomic E-state index is 0.0720. The highest BCUT2D eigenvalue weighted by Crippen LogP contribution is 2.14. The molecule has 1 aromatic rings. The van der Waals surface area contributed by atoms with Crippen molar-refractivity contribution in [1.29, 1.82) is 0 Å². The number of carbonyl (C=O) groups is 1. The first-order chi connectivity index (χ1) is 9.24. The number of rotatable bonds is 5. The second-order valence-electron chi connectivity index (χ2n) is 5.27. The lowest BCUT2D eigenvalue weighted by Gasteiger charge is -2.28. The number of para-hydroxylation sites is 1. The highest BCUT2D eigenvalue weighted by atomic mass is 16.1. The number of hydrogen-bond donors (Lipinski definition) is 2. The number of piperidine rings is 1. The summed E-state index contributed by atoms with van der Waals surface area (Å²) in [7, 11) is 2.15. The highest BCUT2D eigenvalue weighted by molar-refractivity contribution is 5.80. The molecule has 104 valence electrons. The van der Waals surface area contributed by atoms with Crippen molar-refractivity contribution < 1.29 is 4.79 Å². The van der Waals surface area contributed by atoms with Gasteiger partial charge in [0, 0.05) is 12.2 Å². The van der Waals surface area contributed by atoms with E-state index in [4.69, 9.17) is 0 Å². The molecule has 19 heavy (non-hydrogen) atoms. The largest absolute Gasteiger partial charge is 0.376 e. The molecule has 0 radical (unpaired) electrons. The predicted octanol–water partition coefficient (Wildman–Crippen LogP) is 1.56. The zero-order valence-electron chi connectivity index (χ0n) is 11.6. The molecule has 0 saturated carbocycles. The normalized spacial score (nSPS) is 17.1. The summed E-state index contributed by atoms with van der Waals surface area (Å²) >= 11 is 0. The van der Waals surface area contributed by atoms with E-state index in [1.54, 1.807) is 0 Å². The molecule has 4 nitrogen and oxygen atoms in total. The number of likely N-dealkylation sites (tertiary alicyclic amines) is 1. The van der Waals surface area contributed by atoms with Crippen molar-refractivity contribution in [3.63, 3.8) is 0 Å². The van der Waals surface area contributed by atoms with Crippen LogP contribution in [0.15, 0.2) is 30.3 Å². The number of hydrogen-bond acceptors (Lipinski definition) is 3. The van der Waals surface area contributed by atoms with Crippen molar-refractivity contribution in [2.45, 2.75) is 12.8 Å². The van der Waals surface area contributed by atoms with E-state index in [1.165, 1.54) is 12.8 Å². The number of carbonyl (C=O) groups excluding carboxylic acids is 1. The molecule has 2 N–H and O–H groups in total. The molecule has 0 aromatic heterocycles. The molecule has 0 aliphatic carbocycles. The zero-order chi connectivity index (χ0) is 13.5. The lowest BCUT2D eigenvalue weighted by Crippen LogP contribution is -2.38.